The molecule has 5 heteroatoms. The molecule has 0 aliphatic rings. The Hall–Kier alpha value is -3.86. The first kappa shape index (κ1) is 20.4. The summed E-state index contributed by atoms with van der Waals surface area (Å²) >= 11 is 0. The third-order valence-corrected chi connectivity index (χ3v) is 4.70. The molecule has 0 amide bonds. The lowest BCUT2D eigenvalue weighted by Gasteiger charge is -2.10. The van der Waals surface area contributed by atoms with E-state index in [0.29, 0.717) is 33.7 Å². The zero-order valence-electron chi connectivity index (χ0n) is 17.7. The van der Waals surface area contributed by atoms with E-state index in [1.54, 1.807) is 37.5 Å². The van der Waals surface area contributed by atoms with E-state index < -0.39 is 0 Å². The summed E-state index contributed by atoms with van der Waals surface area (Å²) in [5, 5.41) is 0. The molecular formula is C26H23NO4. The molecule has 31 heavy (non-hydrogen) atoms. The Balaban J connectivity index is 1.80. The fourth-order valence-corrected chi connectivity index (χ4v) is 3.27. The largest absolute Gasteiger partial charge is 0.496 e. The number of para-hydroxylation sites is 3. The molecule has 4 aromatic rings. The molecule has 0 bridgehead atoms. The Kier molecular flexibility index (Phi) is 5.85. The van der Waals surface area contributed by atoms with E-state index in [0.717, 1.165) is 5.56 Å². The van der Waals surface area contributed by atoms with Gasteiger partial charge in [-0.25, -0.2) is 4.98 Å². The average molecular weight is 413 g/mol. The maximum absolute atomic E-state index is 13.5. The normalized spacial score (nSPS) is 11.7. The van der Waals surface area contributed by atoms with Crippen LogP contribution in [0.4, 0.5) is 0 Å². The first-order valence-electron chi connectivity index (χ1n) is 10.1. The van der Waals surface area contributed by atoms with Gasteiger partial charge in [-0.2, -0.15) is 0 Å². The smallest absolute Gasteiger partial charge is 0.231 e. The van der Waals surface area contributed by atoms with Gasteiger partial charge in [-0.1, -0.05) is 30.3 Å². The van der Waals surface area contributed by atoms with Crippen molar-refractivity contribution in [2.45, 2.75) is 20.0 Å². The molecule has 0 unspecified atom stereocenters. The number of hydrogen-bond donors (Lipinski definition) is 0. The van der Waals surface area contributed by atoms with Crippen LogP contribution in [0.5, 0.6) is 11.5 Å². The lowest BCUT2D eigenvalue weighted by Crippen LogP contribution is -2.07. The van der Waals surface area contributed by atoms with E-state index in [4.69, 9.17) is 13.9 Å². The van der Waals surface area contributed by atoms with Crippen LogP contribution in [0.1, 0.15) is 35.7 Å². The minimum Gasteiger partial charge on any atom is -0.496 e. The van der Waals surface area contributed by atoms with Gasteiger partial charge in [-0.15, -0.1) is 0 Å². The monoisotopic (exact) mass is 413 g/mol. The molecule has 0 fully saturated rings. The van der Waals surface area contributed by atoms with Gasteiger partial charge >= 0.3 is 0 Å². The van der Waals surface area contributed by atoms with Crippen LogP contribution in [-0.2, 0) is 0 Å². The van der Waals surface area contributed by atoms with Gasteiger partial charge in [0.2, 0.25) is 5.89 Å². The second-order valence-corrected chi connectivity index (χ2v) is 7.31. The summed E-state index contributed by atoms with van der Waals surface area (Å²) in [7, 11) is 1.60. The number of benzene rings is 3. The third kappa shape index (κ3) is 4.51. The number of carbonyl (C=O) groups is 1. The summed E-state index contributed by atoms with van der Waals surface area (Å²) in [5.74, 6) is 1.43. The summed E-state index contributed by atoms with van der Waals surface area (Å²) in [6, 6.07) is 22.0. The maximum Gasteiger partial charge on any atom is 0.231 e. The van der Waals surface area contributed by atoms with Gasteiger partial charge in [-0.3, -0.25) is 4.79 Å². The third-order valence-electron chi connectivity index (χ3n) is 4.70. The predicted molar refractivity (Wildman–Crippen MR) is 121 cm³/mol. The SMILES string of the molecule is COc1ccccc1/C=C(/C(=O)c1ccc(OC(C)C)cc1)c1nc2ccccc2o1. The number of allylic oxidation sites excluding steroid dienone is 1. The van der Waals surface area contributed by atoms with Crippen LogP contribution < -0.4 is 9.47 Å². The van der Waals surface area contributed by atoms with Crippen LogP contribution in [0.15, 0.2) is 77.2 Å². The molecule has 0 aliphatic heterocycles. The summed E-state index contributed by atoms with van der Waals surface area (Å²) in [4.78, 5) is 18.1. The van der Waals surface area contributed by atoms with Crippen LogP contribution in [0, 0.1) is 0 Å². The summed E-state index contributed by atoms with van der Waals surface area (Å²) in [6.45, 7) is 3.92. The predicted octanol–water partition coefficient (Wildman–Crippen LogP) is 6.05. The summed E-state index contributed by atoms with van der Waals surface area (Å²) in [5.41, 5.74) is 2.93. The molecule has 3 aromatic carbocycles. The van der Waals surface area contributed by atoms with Gasteiger partial charge in [0.05, 0.1) is 18.8 Å². The van der Waals surface area contributed by atoms with Crippen molar-refractivity contribution in [2.24, 2.45) is 0 Å². The summed E-state index contributed by atoms with van der Waals surface area (Å²) in [6.07, 6.45) is 1.81. The molecule has 1 aromatic heterocycles. The highest BCUT2D eigenvalue weighted by Gasteiger charge is 2.21. The van der Waals surface area contributed by atoms with Gasteiger partial charge in [-0.05, 0) is 62.4 Å². The van der Waals surface area contributed by atoms with Gasteiger partial charge in [0.15, 0.2) is 11.4 Å². The lowest BCUT2D eigenvalue weighted by molar-refractivity contribution is 0.105. The van der Waals surface area contributed by atoms with Gasteiger partial charge < -0.3 is 13.9 Å². The van der Waals surface area contributed by atoms with Gasteiger partial charge in [0, 0.05) is 11.1 Å². The van der Waals surface area contributed by atoms with Crippen molar-refractivity contribution in [1.82, 2.24) is 4.98 Å². The van der Waals surface area contributed by atoms with E-state index in [1.807, 2.05) is 62.4 Å². The highest BCUT2D eigenvalue weighted by Crippen LogP contribution is 2.29. The molecule has 0 saturated carbocycles. The Morgan fingerprint density at radius 3 is 2.39 bits per heavy atom. The van der Waals surface area contributed by atoms with E-state index in [-0.39, 0.29) is 17.8 Å². The first-order valence-corrected chi connectivity index (χ1v) is 10.1. The number of oxazole rings is 1. The van der Waals surface area contributed by atoms with E-state index >= 15 is 0 Å². The zero-order valence-corrected chi connectivity index (χ0v) is 17.7. The Morgan fingerprint density at radius 2 is 1.68 bits per heavy atom. The average Bonchev–Trinajstić information content (AvgIpc) is 3.21. The molecule has 4 rings (SSSR count). The molecule has 0 saturated heterocycles. The van der Waals surface area contributed by atoms with Crippen LogP contribution in [0.2, 0.25) is 0 Å². The molecule has 0 atom stereocenters. The van der Waals surface area contributed by atoms with Crippen molar-refractivity contribution in [3.63, 3.8) is 0 Å². The number of hydrogen-bond acceptors (Lipinski definition) is 5. The van der Waals surface area contributed by atoms with Crippen molar-refractivity contribution in [2.75, 3.05) is 7.11 Å². The van der Waals surface area contributed by atoms with Crippen LogP contribution in [0.3, 0.4) is 0 Å². The quantitative estimate of drug-likeness (QED) is 0.273. The van der Waals surface area contributed by atoms with Crippen molar-refractivity contribution in [3.8, 4) is 11.5 Å². The number of rotatable bonds is 7. The minimum atomic E-state index is -0.200. The fraction of sp³-hybridized carbons (Fsp3) is 0.154. The molecular weight excluding hydrogens is 390 g/mol. The van der Waals surface area contributed by atoms with Crippen molar-refractivity contribution in [1.29, 1.82) is 0 Å². The molecule has 5 nitrogen and oxygen atoms in total. The van der Waals surface area contributed by atoms with Crippen molar-refractivity contribution in [3.05, 3.63) is 89.8 Å². The van der Waals surface area contributed by atoms with E-state index in [2.05, 4.69) is 4.98 Å². The maximum atomic E-state index is 13.5. The second-order valence-electron chi connectivity index (χ2n) is 7.31. The number of methoxy groups -OCH3 is 1. The van der Waals surface area contributed by atoms with Crippen LogP contribution in [-0.4, -0.2) is 24.0 Å². The number of ether oxygens (including phenoxy) is 2. The van der Waals surface area contributed by atoms with Crippen molar-refractivity contribution >= 4 is 28.5 Å². The standard InChI is InChI=1S/C26H23NO4/c1-17(2)30-20-14-12-18(13-15-20)25(28)21(16-19-8-4-6-10-23(19)29-3)26-27-22-9-5-7-11-24(22)31-26/h4-17H,1-3H3/b21-16-. The molecule has 0 spiro atoms. The number of nitrogens with zero attached hydrogens (tertiary/aromatic N) is 1. The van der Waals surface area contributed by atoms with E-state index in [1.165, 1.54) is 0 Å². The Bertz CT molecular complexity index is 1200. The number of Topliss-reactive ketones (excluding diaryl/α,β-unsaturated/α-hetero) is 1. The minimum absolute atomic E-state index is 0.0577. The molecule has 0 radical (unpaired) electrons. The molecule has 0 aliphatic carbocycles. The highest BCUT2D eigenvalue weighted by molar-refractivity contribution is 6.31. The zero-order chi connectivity index (χ0) is 21.8. The number of fused-ring (bicyclic) bond motifs is 1. The lowest BCUT2D eigenvalue weighted by atomic mass is 10.0. The van der Waals surface area contributed by atoms with Crippen LogP contribution >= 0.6 is 0 Å². The van der Waals surface area contributed by atoms with Crippen LogP contribution in [0.25, 0.3) is 22.7 Å². The van der Waals surface area contributed by atoms with Gasteiger partial charge in [0.25, 0.3) is 0 Å². The summed E-state index contributed by atoms with van der Waals surface area (Å²) < 4.78 is 17.1. The highest BCUT2D eigenvalue weighted by atomic mass is 16.5. The van der Waals surface area contributed by atoms with E-state index in [9.17, 15) is 4.79 Å². The number of ketones is 1. The molecule has 0 N–H and O–H groups in total. The first-order chi connectivity index (χ1) is 15.0. The van der Waals surface area contributed by atoms with Gasteiger partial charge in [0.1, 0.15) is 17.0 Å². The Labute approximate surface area is 180 Å². The number of carbonyl (C=O) groups excluding carboxylic acids is 1. The Morgan fingerprint density at radius 1 is 0.968 bits per heavy atom. The topological polar surface area (TPSA) is 61.6 Å². The van der Waals surface area contributed by atoms with Crippen molar-refractivity contribution < 1.29 is 18.7 Å². The molecule has 156 valence electrons. The fourth-order valence-electron chi connectivity index (χ4n) is 3.27. The second kappa shape index (κ2) is 8.88. The molecule has 1 heterocycles. The number of aromatic nitrogens is 1.